The predicted molar refractivity (Wildman–Crippen MR) is 207 cm³/mol. The number of nitrogens with one attached hydrogen (secondary N) is 5. The number of nitrogens with zero attached hydrogens (tertiary/aromatic N) is 5. The van der Waals surface area contributed by atoms with Gasteiger partial charge < -0.3 is 10.6 Å². The number of carbonyl (C=O) groups excluding carboxylic acids is 5. The molecule has 5 amide bonds. The average Bonchev–Trinajstić information content (AvgIpc) is 3.45. The van der Waals surface area contributed by atoms with Gasteiger partial charge in [0.25, 0.3) is 17.7 Å². The Hall–Kier alpha value is -7.20. The maximum atomic E-state index is 14.0. The summed E-state index contributed by atoms with van der Waals surface area (Å²) in [6.45, 7) is 2.66. The summed E-state index contributed by atoms with van der Waals surface area (Å²) < 4.78 is 0. The summed E-state index contributed by atoms with van der Waals surface area (Å²) >= 11 is 1.60. The van der Waals surface area contributed by atoms with Gasteiger partial charge in [0.1, 0.15) is 5.70 Å². The van der Waals surface area contributed by atoms with E-state index in [1.807, 2.05) is 36.6 Å². The van der Waals surface area contributed by atoms with E-state index in [0.29, 0.717) is 11.3 Å². The van der Waals surface area contributed by atoms with Crippen LogP contribution in [-0.2, 0) is 14.4 Å². The molecule has 1 aliphatic heterocycles. The van der Waals surface area contributed by atoms with Gasteiger partial charge in [0.15, 0.2) is 5.84 Å². The summed E-state index contributed by atoms with van der Waals surface area (Å²) in [5, 5.41) is 11.6. The van der Waals surface area contributed by atoms with Gasteiger partial charge in [0, 0.05) is 35.6 Å². The summed E-state index contributed by atoms with van der Waals surface area (Å²) in [6.07, 6.45) is 3.63. The van der Waals surface area contributed by atoms with E-state index in [9.17, 15) is 24.0 Å². The van der Waals surface area contributed by atoms with Gasteiger partial charge in [-0.3, -0.25) is 40.0 Å². The number of amidine groups is 1. The van der Waals surface area contributed by atoms with Gasteiger partial charge in [-0.25, -0.2) is 4.99 Å². The van der Waals surface area contributed by atoms with E-state index in [-0.39, 0.29) is 58.0 Å². The minimum Gasteiger partial charge on any atom is -0.326 e. The Balaban J connectivity index is 1.36. The minimum absolute atomic E-state index is 0.108. The fourth-order valence-corrected chi connectivity index (χ4v) is 5.57. The van der Waals surface area contributed by atoms with Crippen LogP contribution in [0, 0.1) is 0 Å². The number of aliphatic imine (C=N–C) groups is 1. The summed E-state index contributed by atoms with van der Waals surface area (Å²) in [7, 11) is 0. The molecule has 0 radical (unpaired) electrons. The van der Waals surface area contributed by atoms with E-state index < -0.39 is 17.7 Å². The first kappa shape index (κ1) is 36.6. The quantitative estimate of drug-likeness (QED) is 0.0830. The van der Waals surface area contributed by atoms with Crippen LogP contribution in [0.3, 0.4) is 0 Å². The van der Waals surface area contributed by atoms with E-state index in [1.54, 1.807) is 72.4 Å². The monoisotopic (exact) mass is 740 g/mol. The molecule has 0 fully saturated rings. The maximum Gasteiger partial charge on any atom is 0.297 e. The molecule has 1 aliphatic rings. The van der Waals surface area contributed by atoms with E-state index >= 15 is 0 Å². The van der Waals surface area contributed by atoms with Gasteiger partial charge in [-0.05, 0) is 60.4 Å². The van der Waals surface area contributed by atoms with Crippen molar-refractivity contribution in [1.82, 2.24) is 20.0 Å². The molecule has 0 atom stereocenters. The van der Waals surface area contributed by atoms with Gasteiger partial charge in [0.05, 0.1) is 11.3 Å². The number of hydrazine groups is 1. The third kappa shape index (κ3) is 8.99. The highest BCUT2D eigenvalue weighted by Crippen LogP contribution is 2.25. The molecule has 0 saturated heterocycles. The number of hydrogen-bond acceptors (Lipinski definition) is 11. The Kier molecular flexibility index (Phi) is 11.1. The molecule has 5 N–H and O–H groups in total. The van der Waals surface area contributed by atoms with Crippen molar-refractivity contribution < 1.29 is 24.0 Å². The molecule has 16 heteroatoms. The Labute approximate surface area is 313 Å². The smallest absolute Gasteiger partial charge is 0.297 e. The van der Waals surface area contributed by atoms with E-state index in [1.165, 1.54) is 32.0 Å². The Morgan fingerprint density at radius 3 is 2.02 bits per heavy atom. The fourth-order valence-electron chi connectivity index (χ4n) is 5.16. The van der Waals surface area contributed by atoms with Crippen LogP contribution >= 0.6 is 11.8 Å². The summed E-state index contributed by atoms with van der Waals surface area (Å²) in [6, 6.07) is 29.2. The topological polar surface area (TPSA) is 200 Å². The van der Waals surface area contributed by atoms with Crippen molar-refractivity contribution in [2.75, 3.05) is 32.9 Å². The summed E-state index contributed by atoms with van der Waals surface area (Å²) in [5.41, 5.74) is 5.29. The second-order valence-electron chi connectivity index (χ2n) is 11.6. The van der Waals surface area contributed by atoms with Crippen molar-refractivity contribution in [3.05, 3.63) is 131 Å². The van der Waals surface area contributed by atoms with Crippen molar-refractivity contribution in [2.45, 2.75) is 18.7 Å². The first-order chi connectivity index (χ1) is 26.1. The second kappa shape index (κ2) is 16.4. The molecule has 0 saturated carbocycles. The average molecular weight is 741 g/mol. The molecule has 270 valence electrons. The number of thioether (sulfide) groups is 1. The highest BCUT2D eigenvalue weighted by molar-refractivity contribution is 7.98. The molecule has 5 aromatic rings. The van der Waals surface area contributed by atoms with Crippen LogP contribution in [0.1, 0.15) is 45.7 Å². The Morgan fingerprint density at radius 2 is 1.33 bits per heavy atom. The zero-order valence-electron chi connectivity index (χ0n) is 29.1. The number of amides is 5. The maximum absolute atomic E-state index is 14.0. The van der Waals surface area contributed by atoms with E-state index in [4.69, 9.17) is 0 Å². The molecule has 0 spiro atoms. The molecule has 6 rings (SSSR count). The molecule has 54 heavy (non-hydrogen) atoms. The Bertz CT molecular complexity index is 2330. The first-order valence-electron chi connectivity index (χ1n) is 16.3. The molecule has 0 unspecified atom stereocenters. The van der Waals surface area contributed by atoms with E-state index in [0.717, 1.165) is 15.5 Å². The molecule has 0 aliphatic carbocycles. The molecule has 0 bridgehead atoms. The number of para-hydroxylation sites is 1. The Morgan fingerprint density at radius 1 is 0.685 bits per heavy atom. The van der Waals surface area contributed by atoms with Crippen molar-refractivity contribution in [3.63, 3.8) is 0 Å². The van der Waals surface area contributed by atoms with Crippen molar-refractivity contribution in [2.24, 2.45) is 4.99 Å². The highest BCUT2D eigenvalue weighted by Gasteiger charge is 2.32. The lowest BCUT2D eigenvalue weighted by Crippen LogP contribution is -2.38. The number of aromatic nitrogens is 3. The number of hydrogen-bond donors (Lipinski definition) is 5. The van der Waals surface area contributed by atoms with Crippen molar-refractivity contribution in [1.29, 1.82) is 0 Å². The van der Waals surface area contributed by atoms with E-state index in [2.05, 4.69) is 46.6 Å². The molecule has 15 nitrogen and oxygen atoms in total. The van der Waals surface area contributed by atoms with Gasteiger partial charge in [0.2, 0.25) is 29.7 Å². The van der Waals surface area contributed by atoms with Crippen LogP contribution < -0.4 is 26.7 Å². The normalized spacial score (nSPS) is 12.9. The largest absolute Gasteiger partial charge is 0.326 e. The first-order valence-corrected chi connectivity index (χ1v) is 17.5. The van der Waals surface area contributed by atoms with Crippen LogP contribution in [0.2, 0.25) is 0 Å². The highest BCUT2D eigenvalue weighted by atomic mass is 32.2. The summed E-state index contributed by atoms with van der Waals surface area (Å²) in [5.74, 6) is -3.14. The van der Waals surface area contributed by atoms with Gasteiger partial charge >= 0.3 is 0 Å². The lowest BCUT2D eigenvalue weighted by molar-refractivity contribution is -0.121. The third-order valence-electron chi connectivity index (χ3n) is 7.54. The summed E-state index contributed by atoms with van der Waals surface area (Å²) in [4.78, 5) is 82.9. The second-order valence-corrected chi connectivity index (χ2v) is 12.4. The molecule has 2 heterocycles. The van der Waals surface area contributed by atoms with Gasteiger partial charge in [-0.1, -0.05) is 60.7 Å². The molecular weight excluding hydrogens is 709 g/mol. The molecular formula is C38H32N10O5S. The van der Waals surface area contributed by atoms with Gasteiger partial charge in [-0.2, -0.15) is 20.0 Å². The number of anilines is 5. The van der Waals surface area contributed by atoms with Gasteiger partial charge in [-0.15, -0.1) is 11.8 Å². The van der Waals surface area contributed by atoms with Crippen LogP contribution in [0.15, 0.2) is 119 Å². The van der Waals surface area contributed by atoms with Crippen molar-refractivity contribution >= 4 is 82.4 Å². The zero-order chi connectivity index (χ0) is 38.2. The fraction of sp³-hybridized carbons (Fsp3) is 0.0789. The molecule has 1 aromatic heterocycles. The standard InChI is InChI=1S/C38H32N10O5S/c1-22(49)39-27-13-9-12-26(21-27)33(51)42-36-44-37(43-34(52)29-14-7-8-15-30(29)40-23(2)50)46-38(45-36)47-48-32(25-10-5-4-6-11-25)41-31(35(48)53)20-24-16-18-28(54-3)19-17-24/h4-21H,1-3H3,(H,39,49)(H,40,50)(H3,42,43,44,45,46,47,51,52). The molecule has 4 aromatic carbocycles. The minimum atomic E-state index is -0.682. The van der Waals surface area contributed by atoms with Crippen molar-refractivity contribution in [3.8, 4) is 0 Å². The van der Waals surface area contributed by atoms with Crippen LogP contribution in [0.25, 0.3) is 6.08 Å². The predicted octanol–water partition coefficient (Wildman–Crippen LogP) is 5.67. The third-order valence-corrected chi connectivity index (χ3v) is 8.28. The van der Waals surface area contributed by atoms with Crippen LogP contribution in [0.4, 0.5) is 29.2 Å². The number of carbonyl (C=O) groups is 5. The number of rotatable bonds is 11. The van der Waals surface area contributed by atoms with Crippen LogP contribution in [-0.4, -0.2) is 61.6 Å². The van der Waals surface area contributed by atoms with Crippen LogP contribution in [0.5, 0.6) is 0 Å². The SMILES string of the molecule is CSc1ccc(C=C2N=C(c3ccccc3)N(Nc3nc(NC(=O)c4cccc(NC(C)=O)c4)nc(NC(=O)c4ccccc4NC(C)=O)n3)C2=O)cc1. The zero-order valence-corrected chi connectivity index (χ0v) is 29.9. The lowest BCUT2D eigenvalue weighted by Gasteiger charge is -2.20. The lowest BCUT2D eigenvalue weighted by atomic mass is 10.1. The number of benzene rings is 4.